The van der Waals surface area contributed by atoms with E-state index in [9.17, 15) is 17.8 Å². The van der Waals surface area contributed by atoms with Gasteiger partial charge >= 0.3 is 69.7 Å². The summed E-state index contributed by atoms with van der Waals surface area (Å²) in [5, 5.41) is 3.98. The van der Waals surface area contributed by atoms with E-state index in [1.165, 1.54) is 6.08 Å². The SMILES string of the molecule is Nc1cc(S(=O)(=O)[O-])cc2c1C(=O)/C(=N\Nc1ccccc1)[C-]=C2.O=S(=O)=O.[Na+].[Na+]. The van der Waals surface area contributed by atoms with Crippen LogP contribution in [-0.4, -0.2) is 37.1 Å². The van der Waals surface area contributed by atoms with Crippen molar-refractivity contribution in [1.82, 2.24) is 0 Å². The van der Waals surface area contributed by atoms with Gasteiger partial charge in [0.25, 0.3) is 0 Å². The number of ketones is 1. The molecule has 10 nitrogen and oxygen atoms in total. The van der Waals surface area contributed by atoms with Crippen LogP contribution < -0.4 is 70.3 Å². The Bertz CT molecular complexity index is 1190. The molecular weight excluding hydrogens is 456 g/mol. The Balaban J connectivity index is 0.00000129. The van der Waals surface area contributed by atoms with E-state index in [1.807, 2.05) is 18.2 Å². The van der Waals surface area contributed by atoms with E-state index in [-0.39, 0.29) is 81.6 Å². The minimum atomic E-state index is -4.67. The average molecular weight is 467 g/mol. The van der Waals surface area contributed by atoms with Crippen molar-refractivity contribution in [3.05, 3.63) is 59.7 Å². The van der Waals surface area contributed by atoms with Gasteiger partial charge < -0.3 is 15.1 Å². The molecule has 0 spiro atoms. The molecule has 14 heteroatoms. The summed E-state index contributed by atoms with van der Waals surface area (Å²) in [6.45, 7) is 0. The predicted octanol–water partition coefficient (Wildman–Crippen LogP) is -5.34. The second-order valence-corrected chi connectivity index (χ2v) is 6.98. The number of benzene rings is 2. The molecule has 0 atom stereocenters. The molecule has 2 aromatic rings. The summed E-state index contributed by atoms with van der Waals surface area (Å²) in [4.78, 5) is 12.0. The number of nitrogens with one attached hydrogen (secondary N) is 1. The molecule has 3 rings (SSSR count). The van der Waals surface area contributed by atoms with Crippen molar-refractivity contribution in [3.63, 3.8) is 0 Å². The zero-order chi connectivity index (χ0) is 20.9. The van der Waals surface area contributed by atoms with Crippen LogP contribution in [0.4, 0.5) is 11.4 Å². The fourth-order valence-corrected chi connectivity index (χ4v) is 2.77. The Morgan fingerprint density at radius 3 is 2.17 bits per heavy atom. The number of para-hydroxylation sites is 1. The Morgan fingerprint density at radius 2 is 1.63 bits per heavy atom. The van der Waals surface area contributed by atoms with E-state index in [2.05, 4.69) is 16.6 Å². The molecular formula is C16H11N3Na2O7S2. The van der Waals surface area contributed by atoms with Gasteiger partial charge in [-0.3, -0.25) is 5.43 Å². The fraction of sp³-hybridized carbons (Fsp3) is 0. The number of carbonyl (C=O) groups is 1. The number of fused-ring (bicyclic) bond motifs is 1. The summed E-state index contributed by atoms with van der Waals surface area (Å²) in [6.07, 6.45) is 4.03. The molecule has 30 heavy (non-hydrogen) atoms. The summed E-state index contributed by atoms with van der Waals surface area (Å²) in [7, 11) is -7.78. The first-order valence-electron chi connectivity index (χ1n) is 7.29. The average Bonchev–Trinajstić information content (AvgIpc) is 2.60. The van der Waals surface area contributed by atoms with Crippen LogP contribution in [0.1, 0.15) is 15.9 Å². The van der Waals surface area contributed by atoms with Crippen LogP contribution in [0.15, 0.2) is 52.5 Å². The maximum atomic E-state index is 12.5. The van der Waals surface area contributed by atoms with E-state index in [4.69, 9.17) is 18.4 Å². The minimum absolute atomic E-state index is 0. The Hall–Kier alpha value is -1.35. The summed E-state index contributed by atoms with van der Waals surface area (Å²) in [5.74, 6) is -0.511. The Morgan fingerprint density at radius 1 is 1.07 bits per heavy atom. The first-order chi connectivity index (χ1) is 13.1. The van der Waals surface area contributed by atoms with Gasteiger partial charge in [0, 0.05) is 16.3 Å². The molecule has 0 unspecified atom stereocenters. The Kier molecular flexibility index (Phi) is 11.9. The maximum Gasteiger partial charge on any atom is 1.00 e. The van der Waals surface area contributed by atoms with Crippen molar-refractivity contribution in [1.29, 1.82) is 0 Å². The number of rotatable bonds is 3. The molecule has 0 radical (unpaired) electrons. The molecule has 0 heterocycles. The first-order valence-corrected chi connectivity index (χ1v) is 9.70. The third-order valence-corrected chi connectivity index (χ3v) is 4.15. The van der Waals surface area contributed by atoms with Crippen LogP contribution >= 0.6 is 0 Å². The zero-order valence-electron chi connectivity index (χ0n) is 15.8. The van der Waals surface area contributed by atoms with E-state index in [1.54, 1.807) is 12.1 Å². The topological polar surface area (TPSA) is 176 Å². The Labute approximate surface area is 218 Å². The number of hydrogen-bond donors (Lipinski definition) is 2. The molecule has 3 N–H and O–H groups in total. The van der Waals surface area contributed by atoms with Crippen LogP contribution in [0.3, 0.4) is 0 Å². The van der Waals surface area contributed by atoms with Gasteiger partial charge in [-0.25, -0.2) is 8.42 Å². The van der Waals surface area contributed by atoms with Gasteiger partial charge in [0.2, 0.25) is 0 Å². The van der Waals surface area contributed by atoms with Crippen molar-refractivity contribution in [2.24, 2.45) is 5.10 Å². The molecule has 0 amide bonds. The molecule has 0 saturated heterocycles. The van der Waals surface area contributed by atoms with Gasteiger partial charge in [-0.2, -0.15) is 17.3 Å². The number of anilines is 2. The molecule has 0 fully saturated rings. The second-order valence-electron chi connectivity index (χ2n) is 5.19. The van der Waals surface area contributed by atoms with Crippen molar-refractivity contribution in [2.45, 2.75) is 4.90 Å². The third kappa shape index (κ3) is 8.06. The second kappa shape index (κ2) is 12.5. The van der Waals surface area contributed by atoms with Crippen LogP contribution in [0.5, 0.6) is 0 Å². The molecule has 0 saturated carbocycles. The fourth-order valence-electron chi connectivity index (χ4n) is 2.23. The summed E-state index contributed by atoms with van der Waals surface area (Å²) in [6, 6.07) is 11.1. The quantitative estimate of drug-likeness (QED) is 0.147. The van der Waals surface area contributed by atoms with Crippen LogP contribution in [0.2, 0.25) is 0 Å². The predicted molar refractivity (Wildman–Crippen MR) is 98.1 cm³/mol. The van der Waals surface area contributed by atoms with Crippen LogP contribution in [-0.2, 0) is 20.7 Å². The number of Topliss-reactive ketones (excluding diaryl/α,β-unsaturated/α-hetero) is 1. The molecule has 146 valence electrons. The molecule has 0 aliphatic heterocycles. The van der Waals surface area contributed by atoms with Gasteiger partial charge in [0.05, 0.1) is 5.69 Å². The smallest absolute Gasteiger partial charge is 0.744 e. The van der Waals surface area contributed by atoms with E-state index >= 15 is 0 Å². The normalized spacial score (nSPS) is 13.1. The summed E-state index contributed by atoms with van der Waals surface area (Å²) in [5.41, 5.74) is 9.37. The van der Waals surface area contributed by atoms with Crippen molar-refractivity contribution >= 4 is 49.7 Å². The van der Waals surface area contributed by atoms with Gasteiger partial charge in [0.1, 0.15) is 15.9 Å². The maximum absolute atomic E-state index is 12.5. The number of nitrogen functional groups attached to an aromatic ring is 1. The monoisotopic (exact) mass is 467 g/mol. The first kappa shape index (κ1) is 28.6. The number of carbonyl (C=O) groups excluding carboxylic acids is 1. The minimum Gasteiger partial charge on any atom is -0.744 e. The van der Waals surface area contributed by atoms with E-state index in [0.717, 1.165) is 12.1 Å². The summed E-state index contributed by atoms with van der Waals surface area (Å²) < 4.78 is 58.7. The largest absolute Gasteiger partial charge is 1.00 e. The van der Waals surface area contributed by atoms with Gasteiger partial charge in [-0.1, -0.05) is 29.8 Å². The number of hydrogen-bond acceptors (Lipinski definition) is 10. The standard InChI is InChI=1S/C16H12N3O4S.2Na.O3S/c17-13-9-12(24(21,22)23)8-10-6-7-14(16(20)15(10)13)19-18-11-4-2-1-3-5-11;;;1-4(2)3/h1-6,8-9,18H,17H2,(H,21,22,23);;;/q-1;2*+1;/p-1/b19-14-;;;. The number of hydrazone groups is 1. The third-order valence-electron chi connectivity index (χ3n) is 3.34. The molecule has 1 aliphatic carbocycles. The van der Waals surface area contributed by atoms with Gasteiger partial charge in [0.15, 0.2) is 0 Å². The number of allylic oxidation sites excluding steroid dienone is 1. The van der Waals surface area contributed by atoms with Crippen LogP contribution in [0, 0.1) is 6.08 Å². The van der Waals surface area contributed by atoms with Crippen LogP contribution in [0.25, 0.3) is 6.08 Å². The number of nitrogens with two attached hydrogens (primary N) is 1. The molecule has 0 aromatic heterocycles. The van der Waals surface area contributed by atoms with E-state index < -0.39 is 31.4 Å². The summed E-state index contributed by atoms with van der Waals surface area (Å²) >= 11 is 0. The van der Waals surface area contributed by atoms with Crippen molar-refractivity contribution < 1.29 is 89.5 Å². The van der Waals surface area contributed by atoms with Gasteiger partial charge in [-0.15, -0.1) is 18.2 Å². The zero-order valence-corrected chi connectivity index (χ0v) is 21.5. The van der Waals surface area contributed by atoms with E-state index in [0.29, 0.717) is 5.69 Å². The molecule has 1 aliphatic rings. The molecule has 0 bridgehead atoms. The van der Waals surface area contributed by atoms with Crippen molar-refractivity contribution in [3.8, 4) is 0 Å². The van der Waals surface area contributed by atoms with Gasteiger partial charge in [-0.05, 0) is 18.2 Å². The number of nitrogens with zero attached hydrogens (tertiary/aromatic N) is 1. The van der Waals surface area contributed by atoms with Crippen molar-refractivity contribution in [2.75, 3.05) is 11.2 Å². The molecule has 2 aromatic carbocycles.